The van der Waals surface area contributed by atoms with Gasteiger partial charge in [-0.3, -0.25) is 9.69 Å². The minimum Gasteiger partial charge on any atom is -0.480 e. The standard InChI is InChI=1S/C24H27ClN6O3/c1-14-27-22(30-11-18-7-17(30)13-34-18)9-23(28-14)31-21-8-19(20(25)6-16(21)10-26-31)15-2-4-29(5-3-15)12-24(32)33/h6,8-10,15,17-18H,2-5,7,11-13H2,1H3,(H,32,33). The van der Waals surface area contributed by atoms with Crippen molar-refractivity contribution in [1.29, 1.82) is 0 Å². The normalized spacial score (nSPS) is 23.3. The number of nitrogens with zero attached hydrogens (tertiary/aromatic N) is 6. The number of morpholine rings is 1. The summed E-state index contributed by atoms with van der Waals surface area (Å²) in [5.41, 5.74) is 2.05. The zero-order chi connectivity index (χ0) is 23.4. The van der Waals surface area contributed by atoms with Crippen molar-refractivity contribution in [2.24, 2.45) is 0 Å². The lowest BCUT2D eigenvalue weighted by Gasteiger charge is -2.31. The topological polar surface area (TPSA) is 96.6 Å². The van der Waals surface area contributed by atoms with Gasteiger partial charge >= 0.3 is 5.97 Å². The lowest BCUT2D eigenvalue weighted by atomic mass is 9.89. The highest BCUT2D eigenvalue weighted by molar-refractivity contribution is 6.32. The number of benzene rings is 1. The van der Waals surface area contributed by atoms with Gasteiger partial charge in [-0.15, -0.1) is 0 Å². The van der Waals surface area contributed by atoms with Gasteiger partial charge in [-0.1, -0.05) is 11.6 Å². The van der Waals surface area contributed by atoms with Crippen LogP contribution in [0.25, 0.3) is 16.7 Å². The van der Waals surface area contributed by atoms with Crippen molar-refractivity contribution < 1.29 is 14.6 Å². The Morgan fingerprint density at radius 3 is 2.71 bits per heavy atom. The number of carbonyl (C=O) groups is 1. The van der Waals surface area contributed by atoms with Crippen molar-refractivity contribution >= 4 is 34.3 Å². The molecule has 2 unspecified atom stereocenters. The third-order valence-corrected chi connectivity index (χ3v) is 7.62. The SMILES string of the molecule is Cc1nc(N2CC3CC2CO3)cc(-n2ncc3cc(Cl)c(C4CCN(CC(=O)O)CC4)cc32)n1. The molecule has 6 rings (SSSR count). The largest absolute Gasteiger partial charge is 0.480 e. The first-order valence-corrected chi connectivity index (χ1v) is 12.2. The molecule has 0 aliphatic carbocycles. The number of ether oxygens (including phenoxy) is 1. The fourth-order valence-electron chi connectivity index (χ4n) is 5.62. The second kappa shape index (κ2) is 8.48. The second-order valence-corrected chi connectivity index (χ2v) is 9.97. The maximum Gasteiger partial charge on any atom is 0.317 e. The number of fused-ring (bicyclic) bond motifs is 3. The van der Waals surface area contributed by atoms with Crippen molar-refractivity contribution in [2.75, 3.05) is 37.7 Å². The Kier molecular flexibility index (Phi) is 5.43. The van der Waals surface area contributed by atoms with E-state index in [0.29, 0.717) is 18.0 Å². The van der Waals surface area contributed by atoms with Gasteiger partial charge in [0.05, 0.1) is 37.0 Å². The summed E-state index contributed by atoms with van der Waals surface area (Å²) in [5, 5.41) is 15.4. The van der Waals surface area contributed by atoms with Crippen molar-refractivity contribution in [3.8, 4) is 5.82 Å². The zero-order valence-electron chi connectivity index (χ0n) is 19.0. The Morgan fingerprint density at radius 2 is 2.00 bits per heavy atom. The summed E-state index contributed by atoms with van der Waals surface area (Å²) >= 11 is 6.70. The van der Waals surface area contributed by atoms with Crippen molar-refractivity contribution in [2.45, 2.75) is 44.2 Å². The van der Waals surface area contributed by atoms with Crippen LogP contribution < -0.4 is 4.90 Å². The Morgan fingerprint density at radius 1 is 1.21 bits per heavy atom. The maximum absolute atomic E-state index is 11.0. The van der Waals surface area contributed by atoms with Gasteiger partial charge in [0, 0.05) is 23.0 Å². The van der Waals surface area contributed by atoms with E-state index in [9.17, 15) is 4.79 Å². The molecule has 2 bridgehead atoms. The molecule has 2 aromatic heterocycles. The average Bonchev–Trinajstić information content (AvgIpc) is 3.54. The molecule has 1 N–H and O–H groups in total. The van der Waals surface area contributed by atoms with E-state index in [2.05, 4.69) is 16.1 Å². The summed E-state index contributed by atoms with van der Waals surface area (Å²) in [6, 6.07) is 6.49. The molecule has 34 heavy (non-hydrogen) atoms. The molecule has 3 fully saturated rings. The summed E-state index contributed by atoms with van der Waals surface area (Å²) in [5.74, 6) is 1.87. The summed E-state index contributed by atoms with van der Waals surface area (Å²) in [6.45, 7) is 5.12. The second-order valence-electron chi connectivity index (χ2n) is 9.56. The number of halogens is 1. The van der Waals surface area contributed by atoms with E-state index < -0.39 is 5.97 Å². The fourth-order valence-corrected chi connectivity index (χ4v) is 5.95. The van der Waals surface area contributed by atoms with Crippen molar-refractivity contribution in [3.05, 3.63) is 40.8 Å². The predicted octanol–water partition coefficient (Wildman–Crippen LogP) is 3.02. The van der Waals surface area contributed by atoms with Crippen LogP contribution in [0.3, 0.4) is 0 Å². The van der Waals surface area contributed by atoms with Gasteiger partial charge in [0.15, 0.2) is 5.82 Å². The van der Waals surface area contributed by atoms with E-state index in [4.69, 9.17) is 31.4 Å². The first-order chi connectivity index (χ1) is 16.4. The van der Waals surface area contributed by atoms with Crippen molar-refractivity contribution in [1.82, 2.24) is 24.6 Å². The van der Waals surface area contributed by atoms with E-state index in [1.165, 1.54) is 0 Å². The number of hydrogen-bond acceptors (Lipinski definition) is 7. The molecular formula is C24H27ClN6O3. The summed E-state index contributed by atoms with van der Waals surface area (Å²) in [4.78, 5) is 24.8. The highest BCUT2D eigenvalue weighted by Gasteiger charge is 2.40. The third kappa shape index (κ3) is 3.91. The van der Waals surface area contributed by atoms with Gasteiger partial charge in [0.25, 0.3) is 0 Å². The van der Waals surface area contributed by atoms with Crippen LogP contribution in [-0.2, 0) is 9.53 Å². The van der Waals surface area contributed by atoms with Gasteiger partial charge in [-0.25, -0.2) is 14.6 Å². The van der Waals surface area contributed by atoms with E-state index in [1.807, 2.05) is 34.8 Å². The minimum absolute atomic E-state index is 0.0897. The van der Waals surface area contributed by atoms with Crippen LogP contribution in [-0.4, -0.2) is 80.7 Å². The number of hydrogen-bond donors (Lipinski definition) is 1. The zero-order valence-corrected chi connectivity index (χ0v) is 19.8. The summed E-state index contributed by atoms with van der Waals surface area (Å²) < 4.78 is 7.63. The quantitative estimate of drug-likeness (QED) is 0.592. The molecular weight excluding hydrogens is 456 g/mol. The average molecular weight is 483 g/mol. The van der Waals surface area contributed by atoms with Crippen molar-refractivity contribution in [3.63, 3.8) is 0 Å². The molecule has 1 aromatic carbocycles. The van der Waals surface area contributed by atoms with E-state index >= 15 is 0 Å². The first kappa shape index (κ1) is 21.8. The van der Waals surface area contributed by atoms with Crippen LogP contribution in [0, 0.1) is 6.92 Å². The highest BCUT2D eigenvalue weighted by Crippen LogP contribution is 2.36. The molecule has 3 aliphatic heterocycles. The number of aromatic nitrogens is 4. The Hall–Kier alpha value is -2.75. The monoisotopic (exact) mass is 482 g/mol. The smallest absolute Gasteiger partial charge is 0.317 e. The summed E-state index contributed by atoms with van der Waals surface area (Å²) in [6.07, 6.45) is 4.92. The maximum atomic E-state index is 11.0. The minimum atomic E-state index is -0.782. The van der Waals surface area contributed by atoms with E-state index in [0.717, 1.165) is 78.6 Å². The lowest BCUT2D eigenvalue weighted by Crippen LogP contribution is -2.37. The fraction of sp³-hybridized carbons (Fsp3) is 0.500. The van der Waals surface area contributed by atoms with E-state index in [-0.39, 0.29) is 12.5 Å². The number of carboxylic acid groups (broad SMARTS) is 1. The van der Waals surface area contributed by atoms with Crippen LogP contribution in [0.5, 0.6) is 0 Å². The van der Waals surface area contributed by atoms with Gasteiger partial charge < -0.3 is 14.7 Å². The number of aliphatic carboxylic acids is 1. The molecule has 0 saturated carbocycles. The van der Waals surface area contributed by atoms with Gasteiger partial charge in [-0.05, 0) is 62.9 Å². The number of likely N-dealkylation sites (tertiary alicyclic amines) is 1. The van der Waals surface area contributed by atoms with Crippen LogP contribution >= 0.6 is 11.6 Å². The summed E-state index contributed by atoms with van der Waals surface area (Å²) in [7, 11) is 0. The van der Waals surface area contributed by atoms with Crippen LogP contribution in [0.2, 0.25) is 5.02 Å². The molecule has 3 aliphatic rings. The molecule has 3 aromatic rings. The Labute approximate surface area is 202 Å². The molecule has 0 spiro atoms. The predicted molar refractivity (Wildman–Crippen MR) is 128 cm³/mol. The first-order valence-electron chi connectivity index (χ1n) is 11.8. The lowest BCUT2D eigenvalue weighted by molar-refractivity contribution is -0.138. The van der Waals surface area contributed by atoms with Crippen LogP contribution in [0.1, 0.15) is 36.6 Å². The molecule has 2 atom stereocenters. The van der Waals surface area contributed by atoms with Gasteiger partial charge in [0.2, 0.25) is 0 Å². The number of carboxylic acids is 1. The Balaban J connectivity index is 1.32. The third-order valence-electron chi connectivity index (χ3n) is 7.30. The number of aryl methyl sites for hydroxylation is 1. The molecule has 3 saturated heterocycles. The number of rotatable bonds is 5. The van der Waals surface area contributed by atoms with Crippen LogP contribution in [0.4, 0.5) is 5.82 Å². The van der Waals surface area contributed by atoms with Gasteiger partial charge in [-0.2, -0.15) is 5.10 Å². The molecule has 0 amide bonds. The molecule has 10 heteroatoms. The Bertz CT molecular complexity index is 1250. The van der Waals surface area contributed by atoms with Gasteiger partial charge in [0.1, 0.15) is 11.6 Å². The molecule has 9 nitrogen and oxygen atoms in total. The number of anilines is 1. The molecule has 178 valence electrons. The highest BCUT2D eigenvalue weighted by atomic mass is 35.5. The number of piperidine rings is 1. The molecule has 5 heterocycles. The molecule has 0 radical (unpaired) electrons. The van der Waals surface area contributed by atoms with Crippen LogP contribution in [0.15, 0.2) is 24.4 Å². The van der Waals surface area contributed by atoms with E-state index in [1.54, 1.807) is 0 Å².